The Morgan fingerprint density at radius 2 is 2.16 bits per heavy atom. The molecule has 1 aromatic rings. The van der Waals surface area contributed by atoms with Gasteiger partial charge in [-0.2, -0.15) is 0 Å². The van der Waals surface area contributed by atoms with Crippen molar-refractivity contribution in [3.63, 3.8) is 0 Å². The van der Waals surface area contributed by atoms with Gasteiger partial charge in [-0.3, -0.25) is 4.79 Å². The SMILES string of the molecule is CC(CN(C)c1nccn(C(C)(C)C)c1=O)C(N)=S. The fourth-order valence-corrected chi connectivity index (χ4v) is 1.85. The second kappa shape index (κ2) is 5.69. The molecular formula is C13H22N4OS. The molecule has 1 heterocycles. The summed E-state index contributed by atoms with van der Waals surface area (Å²) in [6.07, 6.45) is 3.35. The Hall–Kier alpha value is -1.43. The van der Waals surface area contributed by atoms with Crippen molar-refractivity contribution in [1.29, 1.82) is 0 Å². The molecule has 2 N–H and O–H groups in total. The summed E-state index contributed by atoms with van der Waals surface area (Å²) in [5.74, 6) is 0.449. The fraction of sp³-hybridized carbons (Fsp3) is 0.615. The van der Waals surface area contributed by atoms with Gasteiger partial charge in [-0.15, -0.1) is 0 Å². The summed E-state index contributed by atoms with van der Waals surface area (Å²) in [5.41, 5.74) is 5.22. The molecule has 1 rings (SSSR count). The molecule has 0 radical (unpaired) electrons. The fourth-order valence-electron chi connectivity index (χ4n) is 1.78. The van der Waals surface area contributed by atoms with Crippen LogP contribution in [0.3, 0.4) is 0 Å². The molecule has 0 saturated heterocycles. The van der Waals surface area contributed by atoms with E-state index in [-0.39, 0.29) is 17.0 Å². The van der Waals surface area contributed by atoms with E-state index in [9.17, 15) is 4.79 Å². The summed E-state index contributed by atoms with van der Waals surface area (Å²) >= 11 is 4.95. The third kappa shape index (κ3) is 3.76. The summed E-state index contributed by atoms with van der Waals surface area (Å²) in [6, 6.07) is 0. The number of nitrogens with two attached hydrogens (primary N) is 1. The molecule has 0 bridgehead atoms. The highest BCUT2D eigenvalue weighted by Gasteiger charge is 2.19. The predicted molar refractivity (Wildman–Crippen MR) is 82.7 cm³/mol. The van der Waals surface area contributed by atoms with Gasteiger partial charge in [0.1, 0.15) is 0 Å². The molecule has 5 nitrogen and oxygen atoms in total. The van der Waals surface area contributed by atoms with Crippen LogP contribution < -0.4 is 16.2 Å². The van der Waals surface area contributed by atoms with E-state index in [1.807, 2.05) is 34.7 Å². The van der Waals surface area contributed by atoms with Crippen molar-refractivity contribution >= 4 is 23.0 Å². The van der Waals surface area contributed by atoms with Crippen LogP contribution in [0.1, 0.15) is 27.7 Å². The van der Waals surface area contributed by atoms with Crippen molar-refractivity contribution in [3.05, 3.63) is 22.7 Å². The standard InChI is InChI=1S/C13H22N4OS/c1-9(10(14)19)8-16(5)11-12(18)17(7-6-15-11)13(2,3)4/h6-7,9H,8H2,1-5H3,(H2,14,19). The summed E-state index contributed by atoms with van der Waals surface area (Å²) in [5, 5.41) is 0. The lowest BCUT2D eigenvalue weighted by Gasteiger charge is -2.26. The number of nitrogens with zero attached hydrogens (tertiary/aromatic N) is 3. The molecule has 0 fully saturated rings. The first-order valence-electron chi connectivity index (χ1n) is 6.23. The van der Waals surface area contributed by atoms with Crippen molar-refractivity contribution in [2.45, 2.75) is 33.2 Å². The van der Waals surface area contributed by atoms with Gasteiger partial charge in [-0.25, -0.2) is 4.98 Å². The molecule has 0 aromatic carbocycles. The number of rotatable bonds is 4. The van der Waals surface area contributed by atoms with Gasteiger partial charge in [-0.1, -0.05) is 19.1 Å². The van der Waals surface area contributed by atoms with E-state index in [1.165, 1.54) is 0 Å². The number of hydrogen-bond acceptors (Lipinski definition) is 4. The van der Waals surface area contributed by atoms with Gasteiger partial charge in [0, 0.05) is 37.4 Å². The van der Waals surface area contributed by atoms with Crippen molar-refractivity contribution in [2.24, 2.45) is 11.7 Å². The van der Waals surface area contributed by atoms with E-state index < -0.39 is 0 Å². The summed E-state index contributed by atoms with van der Waals surface area (Å²) in [7, 11) is 1.82. The second-order valence-electron chi connectivity index (χ2n) is 5.78. The minimum Gasteiger partial charge on any atom is -0.393 e. The topological polar surface area (TPSA) is 64.2 Å². The highest BCUT2D eigenvalue weighted by molar-refractivity contribution is 7.80. The van der Waals surface area contributed by atoms with Crippen LogP contribution in [0.2, 0.25) is 0 Å². The van der Waals surface area contributed by atoms with Crippen LogP contribution in [0.4, 0.5) is 5.82 Å². The lowest BCUT2D eigenvalue weighted by atomic mass is 10.1. The average molecular weight is 282 g/mol. The number of hydrogen-bond donors (Lipinski definition) is 1. The molecule has 1 aromatic heterocycles. The summed E-state index contributed by atoms with van der Waals surface area (Å²) < 4.78 is 1.68. The molecule has 1 atom stereocenters. The van der Waals surface area contributed by atoms with Crippen molar-refractivity contribution < 1.29 is 0 Å². The molecule has 1 unspecified atom stereocenters. The van der Waals surface area contributed by atoms with Crippen LogP contribution >= 0.6 is 12.2 Å². The van der Waals surface area contributed by atoms with E-state index in [0.717, 1.165) is 0 Å². The second-order valence-corrected chi connectivity index (χ2v) is 6.25. The average Bonchev–Trinajstić information content (AvgIpc) is 2.27. The Kier molecular flexibility index (Phi) is 4.68. The Bertz CT molecular complexity index is 518. The zero-order chi connectivity index (χ0) is 14.8. The molecule has 0 aliphatic heterocycles. The quantitative estimate of drug-likeness (QED) is 0.845. The number of thiocarbonyl (C=S) groups is 1. The Labute approximate surface area is 119 Å². The maximum absolute atomic E-state index is 12.4. The van der Waals surface area contributed by atoms with Crippen molar-refractivity contribution in [1.82, 2.24) is 9.55 Å². The van der Waals surface area contributed by atoms with Crippen LogP contribution in [0.15, 0.2) is 17.2 Å². The largest absolute Gasteiger partial charge is 0.393 e. The Morgan fingerprint density at radius 3 is 2.63 bits per heavy atom. The van der Waals surface area contributed by atoms with Gasteiger partial charge in [-0.05, 0) is 20.8 Å². The maximum atomic E-state index is 12.4. The minimum atomic E-state index is -0.273. The summed E-state index contributed by atoms with van der Waals surface area (Å²) in [4.78, 5) is 18.8. The van der Waals surface area contributed by atoms with Gasteiger partial charge in [0.15, 0.2) is 5.82 Å². The number of aromatic nitrogens is 2. The van der Waals surface area contributed by atoms with Crippen LogP contribution in [-0.4, -0.2) is 28.1 Å². The van der Waals surface area contributed by atoms with Gasteiger partial charge in [0.25, 0.3) is 5.56 Å². The van der Waals surface area contributed by atoms with E-state index in [1.54, 1.807) is 21.9 Å². The van der Waals surface area contributed by atoms with Gasteiger partial charge in [0.05, 0.1) is 4.99 Å². The van der Waals surface area contributed by atoms with Crippen LogP contribution in [0.5, 0.6) is 0 Å². The van der Waals surface area contributed by atoms with Crippen LogP contribution in [-0.2, 0) is 5.54 Å². The van der Waals surface area contributed by atoms with Gasteiger partial charge >= 0.3 is 0 Å². The van der Waals surface area contributed by atoms with Gasteiger partial charge < -0.3 is 15.2 Å². The van der Waals surface area contributed by atoms with Crippen molar-refractivity contribution in [2.75, 3.05) is 18.5 Å². The molecule has 19 heavy (non-hydrogen) atoms. The molecular weight excluding hydrogens is 260 g/mol. The van der Waals surface area contributed by atoms with Crippen molar-refractivity contribution in [3.8, 4) is 0 Å². The highest BCUT2D eigenvalue weighted by atomic mass is 32.1. The molecule has 0 aliphatic carbocycles. The highest BCUT2D eigenvalue weighted by Crippen LogP contribution is 2.12. The zero-order valence-corrected chi connectivity index (χ0v) is 13.0. The minimum absolute atomic E-state index is 0.0319. The monoisotopic (exact) mass is 282 g/mol. The first kappa shape index (κ1) is 15.6. The lowest BCUT2D eigenvalue weighted by molar-refractivity contribution is 0.382. The van der Waals surface area contributed by atoms with E-state index in [0.29, 0.717) is 17.4 Å². The van der Waals surface area contributed by atoms with Crippen LogP contribution in [0.25, 0.3) is 0 Å². The van der Waals surface area contributed by atoms with E-state index in [2.05, 4.69) is 4.98 Å². The third-order valence-electron chi connectivity index (χ3n) is 2.94. The predicted octanol–water partition coefficient (Wildman–Crippen LogP) is 1.36. The molecule has 106 valence electrons. The van der Waals surface area contributed by atoms with Crippen LogP contribution in [0, 0.1) is 5.92 Å². The lowest BCUT2D eigenvalue weighted by Crippen LogP contribution is -2.40. The molecule has 0 spiro atoms. The van der Waals surface area contributed by atoms with E-state index >= 15 is 0 Å². The molecule has 0 saturated carbocycles. The zero-order valence-electron chi connectivity index (χ0n) is 12.2. The van der Waals surface area contributed by atoms with E-state index in [4.69, 9.17) is 18.0 Å². The molecule has 6 heteroatoms. The maximum Gasteiger partial charge on any atom is 0.293 e. The first-order valence-corrected chi connectivity index (χ1v) is 6.64. The Morgan fingerprint density at radius 1 is 1.58 bits per heavy atom. The third-order valence-corrected chi connectivity index (χ3v) is 3.34. The summed E-state index contributed by atoms with van der Waals surface area (Å²) in [6.45, 7) is 8.46. The Balaban J connectivity index is 3.09. The molecule has 0 aliphatic rings. The normalized spacial score (nSPS) is 13.1. The number of anilines is 1. The van der Waals surface area contributed by atoms with Gasteiger partial charge in [0.2, 0.25) is 0 Å². The first-order chi connectivity index (χ1) is 8.64. The smallest absolute Gasteiger partial charge is 0.293 e. The molecule has 0 amide bonds.